The van der Waals surface area contributed by atoms with Crippen molar-refractivity contribution < 1.29 is 18.0 Å². The fourth-order valence-corrected chi connectivity index (χ4v) is 6.47. The average molecular weight is 582 g/mol. The monoisotopic (exact) mass is 581 g/mol. The van der Waals surface area contributed by atoms with E-state index >= 15 is 0 Å². The molecular formula is C31H36ClN3O4S. The zero-order chi connectivity index (χ0) is 28.9. The second-order valence-corrected chi connectivity index (χ2v) is 12.7. The molecule has 3 aromatic rings. The number of aryl methyl sites for hydroxylation is 2. The van der Waals surface area contributed by atoms with Gasteiger partial charge in [-0.25, -0.2) is 8.42 Å². The van der Waals surface area contributed by atoms with Gasteiger partial charge in [0.2, 0.25) is 11.8 Å². The molecule has 0 spiro atoms. The first-order valence-electron chi connectivity index (χ1n) is 13.6. The highest BCUT2D eigenvalue weighted by Crippen LogP contribution is 2.26. The van der Waals surface area contributed by atoms with Crippen molar-refractivity contribution in [3.8, 4) is 0 Å². The molecule has 0 bridgehead atoms. The smallest absolute Gasteiger partial charge is 0.264 e. The molecular weight excluding hydrogens is 546 g/mol. The van der Waals surface area contributed by atoms with Gasteiger partial charge in [0.05, 0.1) is 10.6 Å². The number of hydrogen-bond acceptors (Lipinski definition) is 4. The number of sulfonamides is 1. The summed E-state index contributed by atoms with van der Waals surface area (Å²) in [6.07, 6.45) is 3.94. The molecule has 0 aromatic heterocycles. The fraction of sp³-hybridized carbons (Fsp3) is 0.355. The maximum atomic E-state index is 14.0. The van der Waals surface area contributed by atoms with Crippen LogP contribution in [0.1, 0.15) is 49.3 Å². The third-order valence-electron chi connectivity index (χ3n) is 7.38. The van der Waals surface area contributed by atoms with Gasteiger partial charge in [-0.05, 0) is 69.5 Å². The lowest BCUT2D eigenvalue weighted by Gasteiger charge is -2.32. The van der Waals surface area contributed by atoms with Gasteiger partial charge in [0.1, 0.15) is 12.6 Å². The third kappa shape index (κ3) is 7.04. The summed E-state index contributed by atoms with van der Waals surface area (Å²) in [6.45, 7) is 5.03. The summed E-state index contributed by atoms with van der Waals surface area (Å²) in [7, 11) is -4.10. The number of halogens is 1. The molecule has 7 nitrogen and oxygen atoms in total. The lowest BCUT2D eigenvalue weighted by Crippen LogP contribution is -2.52. The zero-order valence-electron chi connectivity index (χ0n) is 23.1. The molecule has 9 heteroatoms. The van der Waals surface area contributed by atoms with Gasteiger partial charge in [0.15, 0.2) is 0 Å². The third-order valence-corrected chi connectivity index (χ3v) is 9.53. The summed E-state index contributed by atoms with van der Waals surface area (Å²) in [5.74, 6) is -0.777. The van der Waals surface area contributed by atoms with Crippen molar-refractivity contribution in [2.75, 3.05) is 10.8 Å². The van der Waals surface area contributed by atoms with Crippen LogP contribution in [-0.2, 0) is 26.2 Å². The predicted molar refractivity (Wildman–Crippen MR) is 159 cm³/mol. The Morgan fingerprint density at radius 1 is 0.925 bits per heavy atom. The van der Waals surface area contributed by atoms with Crippen LogP contribution in [0.4, 0.5) is 5.69 Å². The molecule has 2 amide bonds. The second-order valence-electron chi connectivity index (χ2n) is 10.4. The van der Waals surface area contributed by atoms with Gasteiger partial charge in [0.25, 0.3) is 10.0 Å². The summed E-state index contributed by atoms with van der Waals surface area (Å²) >= 11 is 6.43. The topological polar surface area (TPSA) is 86.8 Å². The quantitative estimate of drug-likeness (QED) is 0.336. The van der Waals surface area contributed by atoms with E-state index in [1.165, 1.54) is 17.0 Å². The minimum atomic E-state index is -4.10. The SMILES string of the molecule is Cc1ccc(N(CC(=O)N(Cc2ccccc2Cl)[C@@H](C)C(=O)NC2CCCC2)S(=O)(=O)c2ccc(C)cc2)cc1. The van der Waals surface area contributed by atoms with Gasteiger partial charge in [-0.3, -0.25) is 13.9 Å². The van der Waals surface area contributed by atoms with Crippen LogP contribution in [0.2, 0.25) is 5.02 Å². The van der Waals surface area contributed by atoms with Gasteiger partial charge in [-0.15, -0.1) is 0 Å². The lowest BCUT2D eigenvalue weighted by atomic mass is 10.1. The largest absolute Gasteiger partial charge is 0.352 e. The molecule has 40 heavy (non-hydrogen) atoms. The number of carbonyl (C=O) groups excluding carboxylic acids is 2. The van der Waals surface area contributed by atoms with Crippen molar-refractivity contribution in [2.24, 2.45) is 0 Å². The summed E-state index contributed by atoms with van der Waals surface area (Å²) in [5, 5.41) is 3.53. The maximum Gasteiger partial charge on any atom is 0.264 e. The Kier molecular flexibility index (Phi) is 9.53. The number of rotatable bonds is 10. The fourth-order valence-electron chi connectivity index (χ4n) is 4.86. The summed E-state index contributed by atoms with van der Waals surface area (Å²) in [4.78, 5) is 28.8. The second kappa shape index (κ2) is 12.9. The van der Waals surface area contributed by atoms with E-state index in [0.717, 1.165) is 41.1 Å². The molecule has 1 N–H and O–H groups in total. The van der Waals surface area contributed by atoms with Crippen LogP contribution >= 0.6 is 11.6 Å². The first kappa shape index (κ1) is 29.6. The molecule has 1 saturated carbocycles. The molecule has 0 aliphatic heterocycles. The Bertz CT molecular complexity index is 1440. The number of amides is 2. The van der Waals surface area contributed by atoms with Crippen LogP contribution in [0.5, 0.6) is 0 Å². The molecule has 212 valence electrons. The molecule has 4 rings (SSSR count). The minimum Gasteiger partial charge on any atom is -0.352 e. The van der Waals surface area contributed by atoms with Crippen molar-refractivity contribution in [2.45, 2.75) is 70.0 Å². The number of nitrogens with one attached hydrogen (secondary N) is 1. The van der Waals surface area contributed by atoms with E-state index < -0.39 is 28.5 Å². The molecule has 0 radical (unpaired) electrons. The number of nitrogens with zero attached hydrogens (tertiary/aromatic N) is 2. The van der Waals surface area contributed by atoms with E-state index in [1.54, 1.807) is 61.5 Å². The number of anilines is 1. The van der Waals surface area contributed by atoms with Crippen molar-refractivity contribution in [1.82, 2.24) is 10.2 Å². The Labute approximate surface area is 242 Å². The summed E-state index contributed by atoms with van der Waals surface area (Å²) < 4.78 is 28.9. The first-order valence-corrected chi connectivity index (χ1v) is 15.4. The molecule has 0 heterocycles. The molecule has 0 unspecified atom stereocenters. The van der Waals surface area contributed by atoms with Gasteiger partial charge >= 0.3 is 0 Å². The number of hydrogen-bond donors (Lipinski definition) is 1. The average Bonchev–Trinajstić information content (AvgIpc) is 3.44. The summed E-state index contributed by atoms with van der Waals surface area (Å²) in [5.41, 5.74) is 2.91. The molecule has 1 atom stereocenters. The van der Waals surface area contributed by atoms with E-state index in [1.807, 2.05) is 19.9 Å². The van der Waals surface area contributed by atoms with Crippen molar-refractivity contribution in [1.29, 1.82) is 0 Å². The van der Waals surface area contributed by atoms with E-state index in [2.05, 4.69) is 5.32 Å². The van der Waals surface area contributed by atoms with Gasteiger partial charge in [-0.1, -0.05) is 78.0 Å². The number of carbonyl (C=O) groups is 2. The Morgan fingerprint density at radius 3 is 2.10 bits per heavy atom. The Balaban J connectivity index is 1.69. The summed E-state index contributed by atoms with van der Waals surface area (Å²) in [6, 6.07) is 19.9. The van der Waals surface area contributed by atoms with Crippen molar-refractivity contribution >= 4 is 39.1 Å². The Morgan fingerprint density at radius 2 is 1.50 bits per heavy atom. The Hall–Kier alpha value is -3.36. The van der Waals surface area contributed by atoms with E-state index in [-0.39, 0.29) is 23.4 Å². The van der Waals surface area contributed by atoms with E-state index in [9.17, 15) is 18.0 Å². The van der Waals surface area contributed by atoms with Gasteiger partial charge < -0.3 is 10.2 Å². The highest BCUT2D eigenvalue weighted by atomic mass is 35.5. The van der Waals surface area contributed by atoms with Gasteiger partial charge in [-0.2, -0.15) is 0 Å². The van der Waals surface area contributed by atoms with Crippen molar-refractivity contribution in [3.63, 3.8) is 0 Å². The van der Waals surface area contributed by atoms with Crippen LogP contribution < -0.4 is 9.62 Å². The molecule has 0 saturated heterocycles. The normalized spacial score (nSPS) is 14.5. The maximum absolute atomic E-state index is 14.0. The zero-order valence-corrected chi connectivity index (χ0v) is 24.7. The predicted octanol–water partition coefficient (Wildman–Crippen LogP) is 5.63. The molecule has 1 fully saturated rings. The first-order chi connectivity index (χ1) is 19.1. The highest BCUT2D eigenvalue weighted by molar-refractivity contribution is 7.92. The van der Waals surface area contributed by atoms with Crippen LogP contribution in [-0.4, -0.2) is 43.8 Å². The standard InChI is InChI=1S/C31H36ClN3O4S/c1-22-12-16-27(17-13-22)35(40(38,39)28-18-14-23(2)15-19-28)21-30(36)34(20-25-8-4-7-11-29(25)32)24(3)31(37)33-26-9-5-6-10-26/h4,7-8,11-19,24,26H,5-6,9-10,20-21H2,1-3H3,(H,33,37)/t24-/m0/s1. The van der Waals surface area contributed by atoms with Crippen LogP contribution in [0.15, 0.2) is 77.7 Å². The van der Waals surface area contributed by atoms with E-state index in [0.29, 0.717) is 16.3 Å². The van der Waals surface area contributed by atoms with Crippen LogP contribution in [0.25, 0.3) is 0 Å². The van der Waals surface area contributed by atoms with E-state index in [4.69, 9.17) is 11.6 Å². The highest BCUT2D eigenvalue weighted by Gasteiger charge is 2.33. The lowest BCUT2D eigenvalue weighted by molar-refractivity contribution is -0.139. The minimum absolute atomic E-state index is 0.0596. The van der Waals surface area contributed by atoms with Crippen molar-refractivity contribution in [3.05, 3.63) is 94.5 Å². The van der Waals surface area contributed by atoms with Crippen LogP contribution in [0, 0.1) is 13.8 Å². The molecule has 3 aromatic carbocycles. The van der Waals surface area contributed by atoms with Gasteiger partial charge in [0, 0.05) is 17.6 Å². The molecule has 1 aliphatic rings. The molecule has 1 aliphatic carbocycles. The number of benzene rings is 3. The van der Waals surface area contributed by atoms with Crippen LogP contribution in [0.3, 0.4) is 0 Å².